The van der Waals surface area contributed by atoms with Crippen LogP contribution in [-0.2, 0) is 0 Å². The average Bonchev–Trinajstić information content (AvgIpc) is 2.83. The molecule has 2 aromatic heterocycles. The summed E-state index contributed by atoms with van der Waals surface area (Å²) in [5, 5.41) is 12.5. The van der Waals surface area contributed by atoms with E-state index in [4.69, 9.17) is 11.6 Å². The average molecular weight is 455 g/mol. The van der Waals surface area contributed by atoms with E-state index in [0.717, 1.165) is 5.69 Å². The molecule has 0 radical (unpaired) electrons. The first-order chi connectivity index (χ1) is 15.5. The van der Waals surface area contributed by atoms with Crippen LogP contribution in [0.15, 0.2) is 55.1 Å². The Hall–Kier alpha value is -3.99. The van der Waals surface area contributed by atoms with Gasteiger partial charge in [0.15, 0.2) is 0 Å². The van der Waals surface area contributed by atoms with E-state index in [1.54, 1.807) is 12.1 Å². The molecule has 1 fully saturated rings. The fourth-order valence-electron chi connectivity index (χ4n) is 3.39. The Labute approximate surface area is 188 Å². The number of pyridine rings is 1. The van der Waals surface area contributed by atoms with Crippen LogP contribution in [0, 0.1) is 10.1 Å². The molecule has 164 valence electrons. The van der Waals surface area contributed by atoms with E-state index in [2.05, 4.69) is 30.7 Å². The summed E-state index contributed by atoms with van der Waals surface area (Å²) >= 11 is 6.08. The summed E-state index contributed by atoms with van der Waals surface area (Å²) in [5.41, 5.74) is 5.94. The summed E-state index contributed by atoms with van der Waals surface area (Å²) < 4.78 is 0. The summed E-state index contributed by atoms with van der Waals surface area (Å²) in [4.78, 5) is 39.5. The van der Waals surface area contributed by atoms with E-state index in [1.807, 2.05) is 29.2 Å². The fraction of sp³-hybridized carbons (Fsp3) is 0.200. The Bertz CT molecular complexity index is 1120. The van der Waals surface area contributed by atoms with Crippen molar-refractivity contribution in [1.29, 1.82) is 0 Å². The van der Waals surface area contributed by atoms with E-state index in [1.165, 1.54) is 18.7 Å². The van der Waals surface area contributed by atoms with Crippen molar-refractivity contribution in [2.45, 2.75) is 0 Å². The monoisotopic (exact) mass is 454 g/mol. The molecule has 0 spiro atoms. The number of nitrogens with zero attached hydrogens (tertiary/aromatic N) is 6. The topological polar surface area (TPSA) is 129 Å². The number of aromatic nitrogens is 3. The number of halogens is 1. The van der Waals surface area contributed by atoms with Crippen LogP contribution in [0.25, 0.3) is 0 Å². The van der Waals surface area contributed by atoms with Gasteiger partial charge in [-0.15, -0.1) is 0 Å². The zero-order valence-electron chi connectivity index (χ0n) is 16.8. The molecule has 1 amide bonds. The van der Waals surface area contributed by atoms with Gasteiger partial charge in [-0.1, -0.05) is 17.7 Å². The number of hydrogen-bond donors (Lipinski definition) is 2. The second kappa shape index (κ2) is 9.43. The highest BCUT2D eigenvalue weighted by molar-refractivity contribution is 6.30. The van der Waals surface area contributed by atoms with Crippen molar-refractivity contribution in [3.8, 4) is 0 Å². The van der Waals surface area contributed by atoms with Crippen molar-refractivity contribution in [2.75, 3.05) is 41.4 Å². The van der Waals surface area contributed by atoms with Crippen LogP contribution in [0.4, 0.5) is 23.0 Å². The van der Waals surface area contributed by atoms with Crippen LogP contribution in [0.3, 0.4) is 0 Å². The van der Waals surface area contributed by atoms with Crippen LogP contribution in [0.2, 0.25) is 5.02 Å². The zero-order chi connectivity index (χ0) is 22.5. The lowest BCUT2D eigenvalue weighted by atomic mass is 10.2. The highest BCUT2D eigenvalue weighted by Gasteiger charge is 2.29. The first-order valence-corrected chi connectivity index (χ1v) is 10.1. The summed E-state index contributed by atoms with van der Waals surface area (Å²) in [5.74, 6) is -0.411. The van der Waals surface area contributed by atoms with Gasteiger partial charge in [-0.3, -0.25) is 30.7 Å². The van der Waals surface area contributed by atoms with Gasteiger partial charge in [-0.05, 0) is 30.3 Å². The van der Waals surface area contributed by atoms with Crippen molar-refractivity contribution in [3.05, 3.63) is 75.8 Å². The lowest BCUT2D eigenvalue weighted by Gasteiger charge is -2.36. The van der Waals surface area contributed by atoms with Gasteiger partial charge in [-0.2, -0.15) is 0 Å². The normalized spacial score (nSPS) is 13.5. The van der Waals surface area contributed by atoms with Crippen molar-refractivity contribution in [3.63, 3.8) is 0 Å². The molecule has 0 unspecified atom stereocenters. The first kappa shape index (κ1) is 21.2. The van der Waals surface area contributed by atoms with Gasteiger partial charge in [0.2, 0.25) is 11.6 Å². The Morgan fingerprint density at radius 3 is 2.56 bits per heavy atom. The molecule has 1 aliphatic heterocycles. The maximum absolute atomic E-state index is 12.2. The van der Waals surface area contributed by atoms with Gasteiger partial charge in [0.25, 0.3) is 5.91 Å². The number of piperazine rings is 1. The van der Waals surface area contributed by atoms with Gasteiger partial charge in [-0.25, -0.2) is 9.97 Å². The van der Waals surface area contributed by atoms with Crippen LogP contribution < -0.4 is 20.7 Å². The molecule has 2 N–H and O–H groups in total. The number of benzene rings is 1. The second-order valence-corrected chi connectivity index (χ2v) is 7.36. The SMILES string of the molecule is O=C(NNc1ncnc(N2CCN(c3cccc(Cl)c3)CC2)c1[N+](=O)[O-])c1cccnc1. The minimum Gasteiger partial charge on any atom is -0.368 e. The Kier molecular flexibility index (Phi) is 6.26. The van der Waals surface area contributed by atoms with Gasteiger partial charge in [0, 0.05) is 49.3 Å². The molecule has 1 saturated heterocycles. The van der Waals surface area contributed by atoms with E-state index < -0.39 is 10.8 Å². The third-order valence-electron chi connectivity index (χ3n) is 4.96. The molecule has 4 rings (SSSR count). The smallest absolute Gasteiger partial charge is 0.355 e. The van der Waals surface area contributed by atoms with Gasteiger partial charge < -0.3 is 9.80 Å². The van der Waals surface area contributed by atoms with E-state index >= 15 is 0 Å². The van der Waals surface area contributed by atoms with Crippen LogP contribution in [0.1, 0.15) is 10.4 Å². The minimum absolute atomic E-state index is 0.102. The second-order valence-electron chi connectivity index (χ2n) is 6.93. The third-order valence-corrected chi connectivity index (χ3v) is 5.19. The molecule has 3 heterocycles. The van der Waals surface area contributed by atoms with Crippen molar-refractivity contribution >= 4 is 40.5 Å². The molecule has 11 nitrogen and oxygen atoms in total. The number of carbonyl (C=O) groups is 1. The molecule has 12 heteroatoms. The minimum atomic E-state index is -0.558. The number of amides is 1. The zero-order valence-corrected chi connectivity index (χ0v) is 17.6. The molecule has 32 heavy (non-hydrogen) atoms. The highest BCUT2D eigenvalue weighted by atomic mass is 35.5. The Balaban J connectivity index is 1.48. The Morgan fingerprint density at radius 2 is 1.88 bits per heavy atom. The predicted octanol–water partition coefficient (Wildman–Crippen LogP) is 2.52. The maximum atomic E-state index is 12.2. The molecular formula is C20H19ClN8O3. The molecule has 0 saturated carbocycles. The van der Waals surface area contributed by atoms with Crippen molar-refractivity contribution < 1.29 is 9.72 Å². The van der Waals surface area contributed by atoms with E-state index in [-0.39, 0.29) is 17.3 Å². The van der Waals surface area contributed by atoms with E-state index in [9.17, 15) is 14.9 Å². The number of rotatable bonds is 6. The number of hydrogen-bond acceptors (Lipinski definition) is 9. The molecule has 1 aromatic carbocycles. The molecule has 1 aliphatic rings. The lowest BCUT2D eigenvalue weighted by Crippen LogP contribution is -2.47. The van der Waals surface area contributed by atoms with Crippen LogP contribution >= 0.6 is 11.6 Å². The molecule has 0 bridgehead atoms. The number of anilines is 3. The Morgan fingerprint density at radius 1 is 1.09 bits per heavy atom. The molecule has 0 atom stereocenters. The number of nitrogens with one attached hydrogen (secondary N) is 2. The van der Waals surface area contributed by atoms with Crippen LogP contribution in [0.5, 0.6) is 0 Å². The number of carbonyl (C=O) groups excluding carboxylic acids is 1. The summed E-state index contributed by atoms with van der Waals surface area (Å²) in [6, 6.07) is 10.7. The standard InChI is InChI=1S/C20H19ClN8O3/c21-15-4-1-5-16(11-15)27-7-9-28(10-8-27)19-17(29(31)32)18(23-13-24-19)25-26-20(30)14-3-2-6-22-12-14/h1-6,11-13H,7-10H2,(H,26,30)(H,23,24,25). The van der Waals surface area contributed by atoms with Crippen molar-refractivity contribution in [1.82, 2.24) is 20.4 Å². The number of nitro groups is 1. The maximum Gasteiger partial charge on any atom is 0.355 e. The van der Waals surface area contributed by atoms with Gasteiger partial charge >= 0.3 is 5.69 Å². The van der Waals surface area contributed by atoms with Gasteiger partial charge in [0.05, 0.1) is 10.5 Å². The van der Waals surface area contributed by atoms with Gasteiger partial charge in [0.1, 0.15) is 6.33 Å². The van der Waals surface area contributed by atoms with E-state index in [0.29, 0.717) is 36.8 Å². The summed E-state index contributed by atoms with van der Waals surface area (Å²) in [6.45, 7) is 2.32. The first-order valence-electron chi connectivity index (χ1n) is 9.74. The summed E-state index contributed by atoms with van der Waals surface area (Å²) in [7, 11) is 0. The summed E-state index contributed by atoms with van der Waals surface area (Å²) in [6.07, 6.45) is 4.15. The molecule has 3 aromatic rings. The predicted molar refractivity (Wildman–Crippen MR) is 120 cm³/mol. The number of hydrazine groups is 1. The molecule has 0 aliphatic carbocycles. The third kappa shape index (κ3) is 4.67. The largest absolute Gasteiger partial charge is 0.368 e. The quantitative estimate of drug-likeness (QED) is 0.426. The van der Waals surface area contributed by atoms with Crippen LogP contribution in [-0.4, -0.2) is 52.0 Å². The molecular weight excluding hydrogens is 436 g/mol. The highest BCUT2D eigenvalue weighted by Crippen LogP contribution is 2.32. The fourth-order valence-corrected chi connectivity index (χ4v) is 3.58. The lowest BCUT2D eigenvalue weighted by molar-refractivity contribution is -0.383. The van der Waals surface area contributed by atoms with Crippen molar-refractivity contribution in [2.24, 2.45) is 0 Å².